The Morgan fingerprint density at radius 3 is 2.59 bits per heavy atom. The lowest BCUT2D eigenvalue weighted by molar-refractivity contribution is 0.345. The first-order chi connectivity index (χ1) is 13.2. The highest BCUT2D eigenvalue weighted by Gasteiger charge is 2.38. The molecule has 4 rings (SSSR count). The monoisotopic (exact) mass is 366 g/mol. The standard InChI is InChI=1S/C24H30O3/c1-2-9-18-12-7-4-8-13-19-22(25)21(24(26)27-23(18)19)20(17-14-15-17)16-10-5-3-6-11-16/h3,5-6,10-11,17-18,20,25H,2,4,7-9,12-15H2,1H3/t18-,20-/m1/s1. The summed E-state index contributed by atoms with van der Waals surface area (Å²) < 4.78 is 5.98. The summed E-state index contributed by atoms with van der Waals surface area (Å²) in [6.07, 6.45) is 9.54. The highest BCUT2D eigenvalue weighted by molar-refractivity contribution is 5.47. The van der Waals surface area contributed by atoms with E-state index in [0.29, 0.717) is 11.5 Å². The van der Waals surface area contributed by atoms with E-state index in [9.17, 15) is 9.90 Å². The van der Waals surface area contributed by atoms with E-state index >= 15 is 0 Å². The van der Waals surface area contributed by atoms with Gasteiger partial charge in [0, 0.05) is 17.4 Å². The van der Waals surface area contributed by atoms with Crippen LogP contribution in [0.25, 0.3) is 0 Å². The van der Waals surface area contributed by atoms with Gasteiger partial charge in [0.2, 0.25) is 0 Å². The number of benzene rings is 1. The molecule has 0 amide bonds. The molecule has 2 aliphatic carbocycles. The molecule has 2 aliphatic rings. The molecule has 1 heterocycles. The summed E-state index contributed by atoms with van der Waals surface area (Å²) in [5, 5.41) is 11.3. The third-order valence-corrected chi connectivity index (χ3v) is 6.31. The van der Waals surface area contributed by atoms with Gasteiger partial charge in [-0.1, -0.05) is 56.5 Å². The van der Waals surface area contributed by atoms with Crippen molar-refractivity contribution < 1.29 is 9.52 Å². The van der Waals surface area contributed by atoms with Crippen molar-refractivity contribution in [3.8, 4) is 5.75 Å². The molecule has 0 aliphatic heterocycles. The van der Waals surface area contributed by atoms with Crippen LogP contribution in [0.2, 0.25) is 0 Å². The van der Waals surface area contributed by atoms with Gasteiger partial charge in [-0.3, -0.25) is 0 Å². The van der Waals surface area contributed by atoms with Crippen LogP contribution in [-0.2, 0) is 6.42 Å². The first kappa shape index (κ1) is 18.3. The van der Waals surface area contributed by atoms with Crippen molar-refractivity contribution in [3.05, 3.63) is 63.2 Å². The van der Waals surface area contributed by atoms with E-state index in [2.05, 4.69) is 19.1 Å². The van der Waals surface area contributed by atoms with Crippen molar-refractivity contribution in [2.24, 2.45) is 5.92 Å². The lowest BCUT2D eigenvalue weighted by Gasteiger charge is -2.25. The van der Waals surface area contributed by atoms with E-state index in [-0.39, 0.29) is 23.2 Å². The van der Waals surface area contributed by atoms with Crippen LogP contribution in [0.3, 0.4) is 0 Å². The predicted molar refractivity (Wildman–Crippen MR) is 107 cm³/mol. The topological polar surface area (TPSA) is 50.4 Å². The first-order valence-corrected chi connectivity index (χ1v) is 10.6. The Balaban J connectivity index is 1.84. The molecule has 144 valence electrons. The Labute approximate surface area is 161 Å². The molecular weight excluding hydrogens is 336 g/mol. The zero-order chi connectivity index (χ0) is 18.8. The predicted octanol–water partition coefficient (Wildman–Crippen LogP) is 5.89. The highest BCUT2D eigenvalue weighted by atomic mass is 16.4. The molecule has 0 radical (unpaired) electrons. The third kappa shape index (κ3) is 3.69. The van der Waals surface area contributed by atoms with E-state index in [0.717, 1.165) is 61.8 Å². The van der Waals surface area contributed by atoms with Crippen molar-refractivity contribution >= 4 is 0 Å². The number of rotatable bonds is 5. The summed E-state index contributed by atoms with van der Waals surface area (Å²) in [6.45, 7) is 2.17. The number of hydrogen-bond acceptors (Lipinski definition) is 3. The Bertz CT molecular complexity index is 833. The van der Waals surface area contributed by atoms with Crippen molar-refractivity contribution in [2.75, 3.05) is 0 Å². The molecule has 27 heavy (non-hydrogen) atoms. The van der Waals surface area contributed by atoms with Crippen molar-refractivity contribution in [3.63, 3.8) is 0 Å². The van der Waals surface area contributed by atoms with E-state index in [4.69, 9.17) is 4.42 Å². The lowest BCUT2D eigenvalue weighted by atomic mass is 9.83. The van der Waals surface area contributed by atoms with Crippen LogP contribution in [0, 0.1) is 5.92 Å². The number of fused-ring (bicyclic) bond motifs is 1. The molecule has 2 aromatic rings. The van der Waals surface area contributed by atoms with E-state index in [1.54, 1.807) is 0 Å². The molecule has 0 unspecified atom stereocenters. The number of aromatic hydroxyl groups is 1. The van der Waals surface area contributed by atoms with Crippen LogP contribution in [0.15, 0.2) is 39.5 Å². The second-order valence-electron chi connectivity index (χ2n) is 8.31. The van der Waals surface area contributed by atoms with Gasteiger partial charge < -0.3 is 9.52 Å². The van der Waals surface area contributed by atoms with Gasteiger partial charge in [-0.25, -0.2) is 4.79 Å². The summed E-state index contributed by atoms with van der Waals surface area (Å²) in [5.74, 6) is 1.63. The second-order valence-corrected chi connectivity index (χ2v) is 8.31. The van der Waals surface area contributed by atoms with E-state index in [1.165, 1.54) is 12.8 Å². The quantitative estimate of drug-likeness (QED) is 0.718. The van der Waals surface area contributed by atoms with Gasteiger partial charge in [0.15, 0.2) is 0 Å². The molecule has 3 nitrogen and oxygen atoms in total. The third-order valence-electron chi connectivity index (χ3n) is 6.31. The molecule has 1 aromatic heterocycles. The average Bonchev–Trinajstić information content (AvgIpc) is 3.49. The fourth-order valence-electron chi connectivity index (χ4n) is 4.83. The Morgan fingerprint density at radius 2 is 1.89 bits per heavy atom. The Hall–Kier alpha value is -2.03. The summed E-state index contributed by atoms with van der Waals surface area (Å²) in [4.78, 5) is 13.1. The molecule has 1 saturated carbocycles. The van der Waals surface area contributed by atoms with Crippen LogP contribution in [0.5, 0.6) is 5.75 Å². The van der Waals surface area contributed by atoms with Gasteiger partial charge in [0.1, 0.15) is 11.5 Å². The Morgan fingerprint density at radius 1 is 1.11 bits per heavy atom. The fraction of sp³-hybridized carbons (Fsp3) is 0.542. The molecule has 0 saturated heterocycles. The van der Waals surface area contributed by atoms with Gasteiger partial charge in [-0.05, 0) is 50.0 Å². The van der Waals surface area contributed by atoms with Crippen molar-refractivity contribution in [2.45, 2.75) is 76.5 Å². The summed E-state index contributed by atoms with van der Waals surface area (Å²) in [5.41, 5.74) is 2.19. The molecule has 1 fully saturated rings. The van der Waals surface area contributed by atoms with Gasteiger partial charge in [0.05, 0.1) is 5.56 Å². The van der Waals surface area contributed by atoms with Gasteiger partial charge >= 0.3 is 5.63 Å². The van der Waals surface area contributed by atoms with Gasteiger partial charge in [0.25, 0.3) is 0 Å². The zero-order valence-electron chi connectivity index (χ0n) is 16.2. The minimum atomic E-state index is -0.325. The highest BCUT2D eigenvalue weighted by Crippen LogP contribution is 2.49. The number of hydrogen-bond donors (Lipinski definition) is 1. The van der Waals surface area contributed by atoms with Crippen molar-refractivity contribution in [1.82, 2.24) is 0 Å². The minimum absolute atomic E-state index is 0.0529. The van der Waals surface area contributed by atoms with Crippen LogP contribution in [0.4, 0.5) is 0 Å². The molecule has 3 heteroatoms. The molecule has 1 aromatic carbocycles. The maximum absolute atomic E-state index is 13.1. The van der Waals surface area contributed by atoms with Gasteiger partial charge in [-0.15, -0.1) is 0 Å². The Kier molecular flexibility index (Phi) is 5.38. The molecule has 2 atom stereocenters. The SMILES string of the molecule is CCC[C@@H]1CCCCCc2c1oc(=O)c([C@H](c1ccccc1)C1CC1)c2O. The maximum Gasteiger partial charge on any atom is 0.343 e. The molecule has 0 spiro atoms. The van der Waals surface area contributed by atoms with E-state index in [1.807, 2.05) is 18.2 Å². The summed E-state index contributed by atoms with van der Waals surface area (Å²) >= 11 is 0. The summed E-state index contributed by atoms with van der Waals surface area (Å²) in [7, 11) is 0. The van der Waals surface area contributed by atoms with Gasteiger partial charge in [-0.2, -0.15) is 0 Å². The largest absolute Gasteiger partial charge is 0.507 e. The van der Waals surface area contributed by atoms with Crippen LogP contribution in [0.1, 0.15) is 92.6 Å². The molecular formula is C24H30O3. The van der Waals surface area contributed by atoms with Crippen LogP contribution < -0.4 is 5.63 Å². The first-order valence-electron chi connectivity index (χ1n) is 10.6. The second kappa shape index (κ2) is 7.92. The fourth-order valence-corrected chi connectivity index (χ4v) is 4.83. The smallest absolute Gasteiger partial charge is 0.343 e. The lowest BCUT2D eigenvalue weighted by Crippen LogP contribution is -2.20. The average molecular weight is 367 g/mol. The van der Waals surface area contributed by atoms with Crippen LogP contribution >= 0.6 is 0 Å². The minimum Gasteiger partial charge on any atom is -0.507 e. The summed E-state index contributed by atoms with van der Waals surface area (Å²) in [6, 6.07) is 10.1. The van der Waals surface area contributed by atoms with E-state index < -0.39 is 0 Å². The zero-order valence-corrected chi connectivity index (χ0v) is 16.2. The van der Waals surface area contributed by atoms with Crippen molar-refractivity contribution in [1.29, 1.82) is 0 Å². The van der Waals surface area contributed by atoms with Crippen LogP contribution in [-0.4, -0.2) is 5.11 Å². The maximum atomic E-state index is 13.1. The molecule has 0 bridgehead atoms. The normalized spacial score (nSPS) is 21.1. The molecule has 1 N–H and O–H groups in total.